The van der Waals surface area contributed by atoms with Crippen LogP contribution in [0.25, 0.3) is 28.2 Å². The molecule has 136 valence electrons. The monoisotopic (exact) mass is 361 g/mol. The molecule has 4 heterocycles. The standard InChI is InChI=1S/C19H19N7O/c1-12-13(11-20-18(21-12)25-8-4-5-9-25)16-10-17(27)26(24-16)19-22-14-6-2-3-7-15(14)23-19/h2-3,6-7,10-11,24H,4-5,8-9H2,1H3,(H,22,23). The van der Waals surface area contributed by atoms with E-state index in [-0.39, 0.29) is 5.56 Å². The highest BCUT2D eigenvalue weighted by molar-refractivity contribution is 5.76. The Kier molecular flexibility index (Phi) is 3.56. The zero-order chi connectivity index (χ0) is 18.4. The normalized spacial score (nSPS) is 14.3. The molecule has 0 radical (unpaired) electrons. The van der Waals surface area contributed by atoms with Crippen LogP contribution in [0.3, 0.4) is 0 Å². The Balaban J connectivity index is 1.53. The summed E-state index contributed by atoms with van der Waals surface area (Å²) < 4.78 is 1.41. The molecule has 8 nitrogen and oxygen atoms in total. The highest BCUT2D eigenvalue weighted by Gasteiger charge is 2.17. The van der Waals surface area contributed by atoms with Gasteiger partial charge in [-0.1, -0.05) is 12.1 Å². The number of benzene rings is 1. The average Bonchev–Trinajstić information content (AvgIpc) is 3.40. The minimum atomic E-state index is -0.188. The van der Waals surface area contributed by atoms with Crippen molar-refractivity contribution < 1.29 is 0 Å². The van der Waals surface area contributed by atoms with Crippen LogP contribution in [-0.4, -0.2) is 42.8 Å². The van der Waals surface area contributed by atoms with Gasteiger partial charge >= 0.3 is 0 Å². The molecule has 2 N–H and O–H groups in total. The van der Waals surface area contributed by atoms with Crippen molar-refractivity contribution in [3.8, 4) is 17.2 Å². The maximum Gasteiger partial charge on any atom is 0.274 e. The van der Waals surface area contributed by atoms with E-state index in [0.717, 1.165) is 41.3 Å². The van der Waals surface area contributed by atoms with E-state index in [1.54, 1.807) is 12.3 Å². The van der Waals surface area contributed by atoms with Gasteiger partial charge in [0.05, 0.1) is 22.4 Å². The van der Waals surface area contributed by atoms with Gasteiger partial charge in [0.1, 0.15) is 0 Å². The highest BCUT2D eigenvalue weighted by Crippen LogP contribution is 2.23. The van der Waals surface area contributed by atoms with Gasteiger partial charge in [-0.05, 0) is 31.9 Å². The zero-order valence-corrected chi connectivity index (χ0v) is 14.9. The SMILES string of the molecule is Cc1nc(N2CCCC2)ncc1-c1cc(=O)n(-c2nc3ccccc3[nH]2)[nH]1. The van der Waals surface area contributed by atoms with E-state index in [1.807, 2.05) is 31.2 Å². The van der Waals surface area contributed by atoms with Crippen LogP contribution in [0.4, 0.5) is 5.95 Å². The number of H-pyrrole nitrogens is 2. The Morgan fingerprint density at radius 3 is 2.70 bits per heavy atom. The van der Waals surface area contributed by atoms with Crippen molar-refractivity contribution in [2.45, 2.75) is 19.8 Å². The fraction of sp³-hybridized carbons (Fsp3) is 0.263. The van der Waals surface area contributed by atoms with Crippen molar-refractivity contribution in [2.75, 3.05) is 18.0 Å². The molecule has 0 unspecified atom stereocenters. The number of imidazole rings is 1. The topological polar surface area (TPSA) is 95.5 Å². The number of aromatic nitrogens is 6. The van der Waals surface area contributed by atoms with Gasteiger partial charge in [-0.25, -0.2) is 15.0 Å². The molecule has 5 rings (SSSR count). The molecule has 0 atom stereocenters. The molecule has 3 aromatic heterocycles. The highest BCUT2D eigenvalue weighted by atomic mass is 16.1. The number of aromatic amines is 2. The number of rotatable bonds is 3. The summed E-state index contributed by atoms with van der Waals surface area (Å²) in [5.41, 5.74) is 3.82. The molecule has 8 heteroatoms. The van der Waals surface area contributed by atoms with E-state index in [0.29, 0.717) is 11.6 Å². The largest absolute Gasteiger partial charge is 0.341 e. The van der Waals surface area contributed by atoms with Gasteiger partial charge in [0, 0.05) is 30.9 Å². The first-order valence-corrected chi connectivity index (χ1v) is 9.05. The number of fused-ring (bicyclic) bond motifs is 1. The van der Waals surface area contributed by atoms with Gasteiger partial charge in [-0.3, -0.25) is 9.89 Å². The fourth-order valence-electron chi connectivity index (χ4n) is 3.53. The second kappa shape index (κ2) is 6.08. The van der Waals surface area contributed by atoms with Crippen molar-refractivity contribution in [2.24, 2.45) is 0 Å². The number of hydrogen-bond acceptors (Lipinski definition) is 5. The second-order valence-electron chi connectivity index (χ2n) is 6.78. The third-order valence-corrected chi connectivity index (χ3v) is 4.95. The van der Waals surface area contributed by atoms with Gasteiger partial charge in [0.25, 0.3) is 5.56 Å². The minimum absolute atomic E-state index is 0.188. The molecule has 1 aromatic carbocycles. The lowest BCUT2D eigenvalue weighted by Gasteiger charge is -2.15. The first-order valence-electron chi connectivity index (χ1n) is 9.05. The Morgan fingerprint density at radius 2 is 1.93 bits per heavy atom. The molecule has 4 aromatic rings. The summed E-state index contributed by atoms with van der Waals surface area (Å²) >= 11 is 0. The van der Waals surface area contributed by atoms with Crippen LogP contribution in [0.5, 0.6) is 0 Å². The molecule has 27 heavy (non-hydrogen) atoms. The van der Waals surface area contributed by atoms with Gasteiger partial charge in [-0.2, -0.15) is 4.68 Å². The number of hydrogen-bond donors (Lipinski definition) is 2. The molecule has 1 saturated heterocycles. The van der Waals surface area contributed by atoms with Crippen LogP contribution in [0.15, 0.2) is 41.3 Å². The van der Waals surface area contributed by atoms with Crippen LogP contribution < -0.4 is 10.5 Å². The van der Waals surface area contributed by atoms with Crippen LogP contribution in [0, 0.1) is 6.92 Å². The molecule has 0 aliphatic carbocycles. The first-order chi connectivity index (χ1) is 13.2. The lowest BCUT2D eigenvalue weighted by atomic mass is 10.2. The first kappa shape index (κ1) is 15.8. The van der Waals surface area contributed by atoms with E-state index >= 15 is 0 Å². The molecule has 0 bridgehead atoms. The summed E-state index contributed by atoms with van der Waals surface area (Å²) in [6.07, 6.45) is 4.14. The molecule has 0 spiro atoms. The van der Waals surface area contributed by atoms with Gasteiger partial charge < -0.3 is 9.88 Å². The molecular weight excluding hydrogens is 342 g/mol. The quantitative estimate of drug-likeness (QED) is 0.584. The Morgan fingerprint density at radius 1 is 1.11 bits per heavy atom. The predicted octanol–water partition coefficient (Wildman–Crippen LogP) is 2.41. The van der Waals surface area contributed by atoms with E-state index < -0.39 is 0 Å². The van der Waals surface area contributed by atoms with Crippen molar-refractivity contribution in [1.82, 2.24) is 29.7 Å². The molecule has 1 fully saturated rings. The Bertz CT molecular complexity index is 1150. The van der Waals surface area contributed by atoms with Crippen molar-refractivity contribution >= 4 is 17.0 Å². The fourth-order valence-corrected chi connectivity index (χ4v) is 3.53. The lowest BCUT2D eigenvalue weighted by molar-refractivity contribution is 0.803. The summed E-state index contributed by atoms with van der Waals surface area (Å²) in [6.45, 7) is 3.93. The van der Waals surface area contributed by atoms with E-state index in [9.17, 15) is 4.79 Å². The third kappa shape index (κ3) is 2.69. The second-order valence-corrected chi connectivity index (χ2v) is 6.78. The number of aryl methyl sites for hydroxylation is 1. The zero-order valence-electron chi connectivity index (χ0n) is 14.9. The number of nitrogens with one attached hydrogen (secondary N) is 2. The minimum Gasteiger partial charge on any atom is -0.341 e. The van der Waals surface area contributed by atoms with E-state index in [2.05, 4.69) is 29.9 Å². The van der Waals surface area contributed by atoms with Crippen molar-refractivity contribution in [3.63, 3.8) is 0 Å². The summed E-state index contributed by atoms with van der Waals surface area (Å²) in [5.74, 6) is 1.22. The maximum absolute atomic E-state index is 12.5. The van der Waals surface area contributed by atoms with Crippen LogP contribution in [0.1, 0.15) is 18.5 Å². The predicted molar refractivity (Wildman–Crippen MR) is 103 cm³/mol. The third-order valence-electron chi connectivity index (χ3n) is 4.95. The average molecular weight is 361 g/mol. The molecular formula is C19H19N7O. The van der Waals surface area contributed by atoms with E-state index in [1.165, 1.54) is 17.5 Å². The Labute approximate surface area is 154 Å². The number of nitrogens with zero attached hydrogens (tertiary/aromatic N) is 5. The van der Waals surface area contributed by atoms with Crippen LogP contribution in [0.2, 0.25) is 0 Å². The lowest BCUT2D eigenvalue weighted by Crippen LogP contribution is -2.20. The van der Waals surface area contributed by atoms with Gasteiger partial charge in [-0.15, -0.1) is 0 Å². The van der Waals surface area contributed by atoms with E-state index in [4.69, 9.17) is 0 Å². The molecule has 1 aliphatic rings. The van der Waals surface area contributed by atoms with Gasteiger partial charge in [0.2, 0.25) is 11.9 Å². The van der Waals surface area contributed by atoms with Crippen LogP contribution in [-0.2, 0) is 0 Å². The van der Waals surface area contributed by atoms with Crippen molar-refractivity contribution in [3.05, 3.63) is 52.6 Å². The molecule has 0 saturated carbocycles. The smallest absolute Gasteiger partial charge is 0.274 e. The summed E-state index contributed by atoms with van der Waals surface area (Å²) in [7, 11) is 0. The summed E-state index contributed by atoms with van der Waals surface area (Å²) in [5, 5.41) is 3.12. The summed E-state index contributed by atoms with van der Waals surface area (Å²) in [4.78, 5) is 31.5. The van der Waals surface area contributed by atoms with Crippen molar-refractivity contribution in [1.29, 1.82) is 0 Å². The Hall–Kier alpha value is -3.42. The molecule has 0 amide bonds. The number of anilines is 1. The number of para-hydroxylation sites is 2. The molecule has 1 aliphatic heterocycles. The van der Waals surface area contributed by atoms with Crippen LogP contribution >= 0.6 is 0 Å². The summed E-state index contributed by atoms with van der Waals surface area (Å²) in [6, 6.07) is 9.22. The maximum atomic E-state index is 12.5. The van der Waals surface area contributed by atoms with Gasteiger partial charge in [0.15, 0.2) is 0 Å².